The number of ether oxygens (including phenoxy) is 1. The lowest BCUT2D eigenvalue weighted by atomic mass is 10.0. The Bertz CT molecular complexity index is 273. The van der Waals surface area contributed by atoms with Crippen LogP contribution in [0.15, 0.2) is 0 Å². The van der Waals surface area contributed by atoms with E-state index in [0.29, 0.717) is 19.7 Å². The molecule has 0 aromatic heterocycles. The second-order valence-corrected chi connectivity index (χ2v) is 7.12. The molecule has 0 aliphatic rings. The lowest BCUT2D eigenvalue weighted by molar-refractivity contribution is -0.120. The monoisotopic (exact) mass is 356 g/mol. The van der Waals surface area contributed by atoms with Crippen LogP contribution in [-0.4, -0.2) is 39.3 Å². The Labute approximate surface area is 156 Å². The first-order valence-corrected chi connectivity index (χ1v) is 10.8. The third-order valence-corrected chi connectivity index (χ3v) is 4.62. The zero-order chi connectivity index (χ0) is 18.4. The molecule has 0 aliphatic heterocycles. The van der Waals surface area contributed by atoms with E-state index in [1.165, 1.54) is 89.9 Å². The topological polar surface area (TPSA) is 50.4 Å². The molecule has 0 saturated carbocycles. The van der Waals surface area contributed by atoms with Crippen LogP contribution in [0.1, 0.15) is 96.8 Å². The van der Waals surface area contributed by atoms with Crippen LogP contribution >= 0.6 is 0 Å². The van der Waals surface area contributed by atoms with Crippen molar-refractivity contribution in [1.82, 2.24) is 10.6 Å². The molecule has 0 fully saturated rings. The number of rotatable bonds is 20. The van der Waals surface area contributed by atoms with Gasteiger partial charge < -0.3 is 15.4 Å². The van der Waals surface area contributed by atoms with Crippen molar-refractivity contribution in [2.24, 2.45) is 0 Å². The van der Waals surface area contributed by atoms with Crippen LogP contribution in [0.25, 0.3) is 0 Å². The Morgan fingerprint density at radius 1 is 0.720 bits per heavy atom. The summed E-state index contributed by atoms with van der Waals surface area (Å²) in [7, 11) is 1.64. The Kier molecular flexibility index (Phi) is 20.9. The maximum Gasteiger partial charge on any atom is 0.234 e. The molecule has 0 aromatic carbocycles. The van der Waals surface area contributed by atoms with Crippen molar-refractivity contribution < 1.29 is 9.53 Å². The van der Waals surface area contributed by atoms with Gasteiger partial charge in [0, 0.05) is 13.7 Å². The summed E-state index contributed by atoms with van der Waals surface area (Å²) < 4.78 is 4.89. The molecule has 0 spiro atoms. The molecule has 1 amide bonds. The molecular weight excluding hydrogens is 312 g/mol. The normalized spacial score (nSPS) is 11.0. The first kappa shape index (κ1) is 24.4. The van der Waals surface area contributed by atoms with Crippen LogP contribution in [0, 0.1) is 0 Å². The van der Waals surface area contributed by atoms with Crippen molar-refractivity contribution >= 4 is 5.91 Å². The van der Waals surface area contributed by atoms with Gasteiger partial charge in [0.15, 0.2) is 0 Å². The minimum Gasteiger partial charge on any atom is -0.383 e. The van der Waals surface area contributed by atoms with Crippen LogP contribution in [-0.2, 0) is 9.53 Å². The number of unbranched alkanes of at least 4 members (excludes halogenated alkanes) is 13. The fraction of sp³-hybridized carbons (Fsp3) is 0.952. The molecule has 150 valence electrons. The zero-order valence-electron chi connectivity index (χ0n) is 17.0. The van der Waals surface area contributed by atoms with Gasteiger partial charge in [-0.15, -0.1) is 0 Å². The molecular formula is C21H44N2O2. The highest BCUT2D eigenvalue weighted by atomic mass is 16.5. The number of hydrogen-bond acceptors (Lipinski definition) is 3. The van der Waals surface area contributed by atoms with Gasteiger partial charge in [-0.2, -0.15) is 0 Å². The maximum absolute atomic E-state index is 11.4. The third kappa shape index (κ3) is 21.3. The van der Waals surface area contributed by atoms with Crippen molar-refractivity contribution in [3.63, 3.8) is 0 Å². The van der Waals surface area contributed by atoms with E-state index in [0.717, 1.165) is 6.54 Å². The lowest BCUT2D eigenvalue weighted by Crippen LogP contribution is -2.35. The zero-order valence-corrected chi connectivity index (χ0v) is 17.0. The molecule has 25 heavy (non-hydrogen) atoms. The molecule has 4 nitrogen and oxygen atoms in total. The number of nitrogens with one attached hydrogen (secondary N) is 2. The summed E-state index contributed by atoms with van der Waals surface area (Å²) >= 11 is 0. The van der Waals surface area contributed by atoms with Gasteiger partial charge >= 0.3 is 0 Å². The largest absolute Gasteiger partial charge is 0.383 e. The summed E-state index contributed by atoms with van der Waals surface area (Å²) in [6.07, 6.45) is 19.3. The predicted octanol–water partition coefficient (Wildman–Crippen LogP) is 4.82. The maximum atomic E-state index is 11.4. The van der Waals surface area contributed by atoms with Gasteiger partial charge in [-0.25, -0.2) is 0 Å². The summed E-state index contributed by atoms with van der Waals surface area (Å²) in [5.74, 6) is 0.0578. The standard InChI is InChI=1S/C21H44N2O2/c1-3-4-5-6-7-8-9-10-11-12-13-14-15-16-17-22-20-21(24)23-18-19-25-2/h22H,3-20H2,1-2H3,(H,23,24). The van der Waals surface area contributed by atoms with E-state index in [1.54, 1.807) is 7.11 Å². The summed E-state index contributed by atoms with van der Waals surface area (Å²) in [4.78, 5) is 11.4. The second kappa shape index (κ2) is 21.4. The van der Waals surface area contributed by atoms with Crippen LogP contribution in [0.3, 0.4) is 0 Å². The number of carbonyl (C=O) groups is 1. The van der Waals surface area contributed by atoms with Gasteiger partial charge in [0.1, 0.15) is 0 Å². The molecule has 0 radical (unpaired) electrons. The second-order valence-electron chi connectivity index (χ2n) is 7.12. The molecule has 0 heterocycles. The molecule has 0 aliphatic carbocycles. The highest BCUT2D eigenvalue weighted by molar-refractivity contribution is 5.77. The van der Waals surface area contributed by atoms with Crippen molar-refractivity contribution in [3.05, 3.63) is 0 Å². The van der Waals surface area contributed by atoms with Crippen molar-refractivity contribution in [3.8, 4) is 0 Å². The van der Waals surface area contributed by atoms with E-state index in [-0.39, 0.29) is 5.91 Å². The summed E-state index contributed by atoms with van der Waals surface area (Å²) in [5.41, 5.74) is 0. The predicted molar refractivity (Wildman–Crippen MR) is 108 cm³/mol. The number of methoxy groups -OCH3 is 1. The lowest BCUT2D eigenvalue weighted by Gasteiger charge is -2.06. The van der Waals surface area contributed by atoms with Gasteiger partial charge in [-0.1, -0.05) is 90.4 Å². The fourth-order valence-corrected chi connectivity index (χ4v) is 3.00. The smallest absolute Gasteiger partial charge is 0.234 e. The Morgan fingerprint density at radius 3 is 1.68 bits per heavy atom. The third-order valence-electron chi connectivity index (χ3n) is 4.62. The fourth-order valence-electron chi connectivity index (χ4n) is 3.00. The average Bonchev–Trinajstić information content (AvgIpc) is 2.61. The minimum atomic E-state index is 0.0578. The molecule has 0 bridgehead atoms. The molecule has 4 heteroatoms. The highest BCUT2D eigenvalue weighted by Crippen LogP contribution is 2.12. The molecule has 0 rings (SSSR count). The quantitative estimate of drug-likeness (QED) is 0.307. The van der Waals surface area contributed by atoms with E-state index in [4.69, 9.17) is 4.74 Å². The first-order valence-electron chi connectivity index (χ1n) is 10.8. The summed E-state index contributed by atoms with van der Waals surface area (Å²) in [6.45, 7) is 4.80. The van der Waals surface area contributed by atoms with Crippen molar-refractivity contribution in [2.45, 2.75) is 96.8 Å². The van der Waals surface area contributed by atoms with E-state index < -0.39 is 0 Å². The molecule has 0 unspecified atom stereocenters. The van der Waals surface area contributed by atoms with Gasteiger partial charge in [0.2, 0.25) is 5.91 Å². The Hall–Kier alpha value is -0.610. The molecule has 0 atom stereocenters. The van der Waals surface area contributed by atoms with Gasteiger partial charge in [-0.05, 0) is 13.0 Å². The van der Waals surface area contributed by atoms with E-state index >= 15 is 0 Å². The van der Waals surface area contributed by atoms with E-state index in [1.807, 2.05) is 0 Å². The van der Waals surface area contributed by atoms with Crippen molar-refractivity contribution in [1.29, 1.82) is 0 Å². The van der Waals surface area contributed by atoms with Crippen LogP contribution < -0.4 is 10.6 Å². The highest BCUT2D eigenvalue weighted by Gasteiger charge is 1.99. The van der Waals surface area contributed by atoms with Crippen LogP contribution in [0.4, 0.5) is 0 Å². The summed E-state index contributed by atoms with van der Waals surface area (Å²) in [6, 6.07) is 0. The minimum absolute atomic E-state index is 0.0578. The number of carbonyl (C=O) groups excluding carboxylic acids is 1. The Balaban J connectivity index is 3.06. The van der Waals surface area contributed by atoms with Gasteiger partial charge in [0.05, 0.1) is 13.2 Å². The van der Waals surface area contributed by atoms with Gasteiger partial charge in [0.25, 0.3) is 0 Å². The van der Waals surface area contributed by atoms with Crippen LogP contribution in [0.5, 0.6) is 0 Å². The van der Waals surface area contributed by atoms with Crippen LogP contribution in [0.2, 0.25) is 0 Å². The first-order chi connectivity index (χ1) is 12.3. The summed E-state index contributed by atoms with van der Waals surface area (Å²) in [5, 5.41) is 6.01. The number of hydrogen-bond donors (Lipinski definition) is 2. The molecule has 2 N–H and O–H groups in total. The van der Waals surface area contributed by atoms with E-state index in [9.17, 15) is 4.79 Å². The van der Waals surface area contributed by atoms with E-state index in [2.05, 4.69) is 17.6 Å². The molecule has 0 saturated heterocycles. The average molecular weight is 357 g/mol. The molecule has 0 aromatic rings. The SMILES string of the molecule is CCCCCCCCCCCCCCCCNCC(=O)NCCOC. The Morgan fingerprint density at radius 2 is 1.20 bits per heavy atom. The van der Waals surface area contributed by atoms with Crippen molar-refractivity contribution in [2.75, 3.05) is 33.4 Å². The number of amides is 1. The van der Waals surface area contributed by atoms with Gasteiger partial charge in [-0.3, -0.25) is 4.79 Å².